The summed E-state index contributed by atoms with van der Waals surface area (Å²) < 4.78 is 0. The van der Waals surface area contributed by atoms with Crippen LogP contribution in [0.4, 0.5) is 5.82 Å². The number of nitrogens with zero attached hydrogens (tertiary/aromatic N) is 2. The average Bonchev–Trinajstić information content (AvgIpc) is 2.29. The smallest absolute Gasteiger partial charge is 0.131 e. The molecule has 2 heterocycles. The van der Waals surface area contributed by atoms with E-state index in [1.54, 1.807) is 6.20 Å². The van der Waals surface area contributed by atoms with E-state index in [0.29, 0.717) is 13.0 Å². The second-order valence-electron chi connectivity index (χ2n) is 5.06. The van der Waals surface area contributed by atoms with Crippen molar-refractivity contribution in [3.8, 4) is 0 Å². The number of nitrogens with one attached hydrogen (secondary N) is 1. The van der Waals surface area contributed by atoms with Crippen LogP contribution in [-0.2, 0) is 6.42 Å². The molecule has 4 heteroatoms. The minimum absolute atomic E-state index is 0.619. The van der Waals surface area contributed by atoms with Crippen molar-refractivity contribution in [2.75, 3.05) is 32.1 Å². The molecule has 0 spiro atoms. The summed E-state index contributed by atoms with van der Waals surface area (Å²) in [4.78, 5) is 6.36. The van der Waals surface area contributed by atoms with Crippen LogP contribution in [0, 0.1) is 0 Å². The van der Waals surface area contributed by atoms with Crippen LogP contribution in [0.15, 0.2) is 18.3 Å². The maximum absolute atomic E-state index is 10.5. The third kappa shape index (κ3) is 2.96. The molecular weight excluding hydrogens is 214 g/mol. The first-order valence-corrected chi connectivity index (χ1v) is 6.15. The molecule has 0 saturated carbocycles. The monoisotopic (exact) mass is 235 g/mol. The van der Waals surface area contributed by atoms with Crippen LogP contribution < -0.4 is 10.2 Å². The SMILES string of the molecule is CN(C)c1ncccc1CC1(O)CCCNC1. The van der Waals surface area contributed by atoms with Gasteiger partial charge < -0.3 is 15.3 Å². The van der Waals surface area contributed by atoms with Crippen LogP contribution in [0.3, 0.4) is 0 Å². The van der Waals surface area contributed by atoms with Gasteiger partial charge in [0, 0.05) is 33.3 Å². The number of pyridine rings is 1. The Morgan fingerprint density at radius 2 is 2.35 bits per heavy atom. The Balaban J connectivity index is 2.17. The van der Waals surface area contributed by atoms with Crippen LogP contribution in [-0.4, -0.2) is 42.9 Å². The van der Waals surface area contributed by atoms with Gasteiger partial charge in [0.25, 0.3) is 0 Å². The lowest BCUT2D eigenvalue weighted by Gasteiger charge is -2.33. The molecule has 0 amide bonds. The molecule has 1 aliphatic heterocycles. The maximum Gasteiger partial charge on any atom is 0.131 e. The first kappa shape index (κ1) is 12.3. The van der Waals surface area contributed by atoms with E-state index in [9.17, 15) is 5.11 Å². The summed E-state index contributed by atoms with van der Waals surface area (Å²) in [5, 5.41) is 13.8. The molecule has 1 aromatic rings. The normalized spacial score (nSPS) is 24.6. The van der Waals surface area contributed by atoms with Gasteiger partial charge in [-0.2, -0.15) is 0 Å². The van der Waals surface area contributed by atoms with Crippen molar-refractivity contribution < 1.29 is 5.11 Å². The lowest BCUT2D eigenvalue weighted by Crippen LogP contribution is -2.47. The number of aromatic nitrogens is 1. The highest BCUT2D eigenvalue weighted by atomic mass is 16.3. The Kier molecular flexibility index (Phi) is 3.64. The van der Waals surface area contributed by atoms with Crippen molar-refractivity contribution in [3.05, 3.63) is 23.9 Å². The third-order valence-corrected chi connectivity index (χ3v) is 3.26. The Labute approximate surface area is 103 Å². The highest BCUT2D eigenvalue weighted by molar-refractivity contribution is 5.45. The van der Waals surface area contributed by atoms with Crippen molar-refractivity contribution in [2.24, 2.45) is 0 Å². The van der Waals surface area contributed by atoms with Gasteiger partial charge in [-0.05, 0) is 31.0 Å². The lowest BCUT2D eigenvalue weighted by atomic mass is 9.87. The van der Waals surface area contributed by atoms with E-state index in [1.165, 1.54) is 0 Å². The van der Waals surface area contributed by atoms with Crippen molar-refractivity contribution in [1.29, 1.82) is 0 Å². The van der Waals surface area contributed by atoms with Crippen molar-refractivity contribution >= 4 is 5.82 Å². The number of aliphatic hydroxyl groups is 1. The predicted octanol–water partition coefficient (Wildman–Crippen LogP) is 0.805. The number of piperidine rings is 1. The van der Waals surface area contributed by atoms with Crippen LogP contribution in [0.1, 0.15) is 18.4 Å². The minimum Gasteiger partial charge on any atom is -0.388 e. The highest BCUT2D eigenvalue weighted by Gasteiger charge is 2.30. The number of hydrogen-bond donors (Lipinski definition) is 2. The van der Waals surface area contributed by atoms with Gasteiger partial charge in [-0.25, -0.2) is 4.98 Å². The van der Waals surface area contributed by atoms with Crippen LogP contribution >= 0.6 is 0 Å². The summed E-state index contributed by atoms with van der Waals surface area (Å²) in [7, 11) is 3.96. The lowest BCUT2D eigenvalue weighted by molar-refractivity contribution is 0.0170. The van der Waals surface area contributed by atoms with Gasteiger partial charge in [0.15, 0.2) is 0 Å². The van der Waals surface area contributed by atoms with E-state index in [-0.39, 0.29) is 0 Å². The zero-order chi connectivity index (χ0) is 12.3. The molecule has 0 aliphatic carbocycles. The second kappa shape index (κ2) is 5.02. The fraction of sp³-hybridized carbons (Fsp3) is 0.615. The third-order valence-electron chi connectivity index (χ3n) is 3.26. The van der Waals surface area contributed by atoms with E-state index < -0.39 is 5.60 Å². The molecule has 0 radical (unpaired) electrons. The molecule has 1 aliphatic rings. The summed E-state index contributed by atoms with van der Waals surface area (Å²) in [6.07, 6.45) is 4.36. The van der Waals surface area contributed by atoms with Crippen LogP contribution in [0.2, 0.25) is 0 Å². The van der Waals surface area contributed by atoms with E-state index >= 15 is 0 Å². The molecular formula is C13H21N3O. The van der Waals surface area contributed by atoms with Crippen LogP contribution in [0.5, 0.6) is 0 Å². The molecule has 1 aromatic heterocycles. The number of anilines is 1. The molecule has 1 saturated heterocycles. The molecule has 0 bridgehead atoms. The zero-order valence-electron chi connectivity index (χ0n) is 10.6. The Bertz CT molecular complexity index is 373. The molecule has 2 rings (SSSR count). The summed E-state index contributed by atoms with van der Waals surface area (Å²) in [6, 6.07) is 3.98. The van der Waals surface area contributed by atoms with E-state index in [4.69, 9.17) is 0 Å². The Morgan fingerprint density at radius 3 is 3.00 bits per heavy atom. The fourth-order valence-electron chi connectivity index (χ4n) is 2.43. The Morgan fingerprint density at radius 1 is 1.53 bits per heavy atom. The van der Waals surface area contributed by atoms with Gasteiger partial charge in [0.05, 0.1) is 5.60 Å². The summed E-state index contributed by atoms with van der Waals surface area (Å²) in [5.41, 5.74) is 0.496. The minimum atomic E-state index is -0.619. The molecule has 17 heavy (non-hydrogen) atoms. The summed E-state index contributed by atoms with van der Waals surface area (Å²) in [5.74, 6) is 0.950. The van der Waals surface area contributed by atoms with E-state index in [1.807, 2.05) is 25.1 Å². The van der Waals surface area contributed by atoms with Gasteiger partial charge in [-0.1, -0.05) is 6.07 Å². The number of hydrogen-bond acceptors (Lipinski definition) is 4. The van der Waals surface area contributed by atoms with Gasteiger partial charge in [0.1, 0.15) is 5.82 Å². The first-order valence-electron chi connectivity index (χ1n) is 6.15. The molecule has 94 valence electrons. The van der Waals surface area contributed by atoms with E-state index in [0.717, 1.165) is 30.8 Å². The number of β-amino-alcohol motifs (C(OH)–C–C–N with tert-alkyl or cyclic N) is 1. The van der Waals surface area contributed by atoms with Crippen molar-refractivity contribution in [3.63, 3.8) is 0 Å². The highest BCUT2D eigenvalue weighted by Crippen LogP contribution is 2.25. The first-order chi connectivity index (χ1) is 8.11. The Hall–Kier alpha value is -1.13. The largest absolute Gasteiger partial charge is 0.388 e. The van der Waals surface area contributed by atoms with Crippen LogP contribution in [0.25, 0.3) is 0 Å². The molecule has 2 N–H and O–H groups in total. The van der Waals surface area contributed by atoms with Gasteiger partial charge >= 0.3 is 0 Å². The fourth-order valence-corrected chi connectivity index (χ4v) is 2.43. The molecule has 4 nitrogen and oxygen atoms in total. The average molecular weight is 235 g/mol. The van der Waals surface area contributed by atoms with Crippen molar-refractivity contribution in [1.82, 2.24) is 10.3 Å². The molecule has 1 atom stereocenters. The molecule has 1 fully saturated rings. The maximum atomic E-state index is 10.5. The quantitative estimate of drug-likeness (QED) is 0.814. The topological polar surface area (TPSA) is 48.4 Å². The van der Waals surface area contributed by atoms with Gasteiger partial charge in [-0.15, -0.1) is 0 Å². The predicted molar refractivity (Wildman–Crippen MR) is 69.3 cm³/mol. The number of rotatable bonds is 3. The second-order valence-corrected chi connectivity index (χ2v) is 5.06. The zero-order valence-corrected chi connectivity index (χ0v) is 10.6. The van der Waals surface area contributed by atoms with Crippen molar-refractivity contribution in [2.45, 2.75) is 24.9 Å². The summed E-state index contributed by atoms with van der Waals surface area (Å²) in [6.45, 7) is 1.69. The van der Waals surface area contributed by atoms with E-state index in [2.05, 4.69) is 16.4 Å². The van der Waals surface area contributed by atoms with Gasteiger partial charge in [0.2, 0.25) is 0 Å². The standard InChI is InChI=1S/C13H21N3O/c1-16(2)12-11(5-3-8-15-12)9-13(17)6-4-7-14-10-13/h3,5,8,14,17H,4,6-7,9-10H2,1-2H3. The van der Waals surface area contributed by atoms with Gasteiger partial charge in [-0.3, -0.25) is 0 Å². The molecule has 1 unspecified atom stereocenters. The molecule has 0 aromatic carbocycles. The summed E-state index contributed by atoms with van der Waals surface area (Å²) >= 11 is 0.